The molecule has 0 unspecified atom stereocenters. The highest BCUT2D eigenvalue weighted by Gasteiger charge is 2.24. The van der Waals surface area contributed by atoms with E-state index in [2.05, 4.69) is 72.9 Å². The first-order chi connectivity index (χ1) is 24.4. The zero-order valence-corrected chi connectivity index (χ0v) is 27.7. The monoisotopic (exact) mass is 670 g/mol. The summed E-state index contributed by atoms with van der Waals surface area (Å²) < 4.78 is 14.5. The van der Waals surface area contributed by atoms with Gasteiger partial charge in [0.1, 0.15) is 5.56 Å². The van der Waals surface area contributed by atoms with Crippen LogP contribution in [0.25, 0.3) is 33.7 Å². The number of tetrazole rings is 1. The highest BCUT2D eigenvalue weighted by atomic mass is 16.6. The Morgan fingerprint density at radius 3 is 2.38 bits per heavy atom. The van der Waals surface area contributed by atoms with Crippen molar-refractivity contribution in [1.29, 1.82) is 0 Å². The Hall–Kier alpha value is -6.41. The summed E-state index contributed by atoms with van der Waals surface area (Å²) in [6, 6.07) is 25.7. The first-order valence-corrected chi connectivity index (χ1v) is 15.9. The second kappa shape index (κ2) is 14.0. The lowest BCUT2D eigenvalue weighted by Gasteiger charge is -2.23. The van der Waals surface area contributed by atoms with Gasteiger partial charge in [0.15, 0.2) is 11.5 Å². The number of nitrogens with zero attached hydrogens (tertiary/aromatic N) is 10. The van der Waals surface area contributed by atoms with E-state index in [1.54, 1.807) is 12.5 Å². The molecule has 7 aromatic rings. The Morgan fingerprint density at radius 1 is 0.880 bits per heavy atom. The van der Waals surface area contributed by atoms with Gasteiger partial charge in [0, 0.05) is 56.2 Å². The third-order valence-corrected chi connectivity index (χ3v) is 8.57. The van der Waals surface area contributed by atoms with E-state index in [4.69, 9.17) is 9.47 Å². The molecule has 0 spiro atoms. The molecule has 7 rings (SSSR count). The lowest BCUT2D eigenvalue weighted by atomic mass is 10.1. The van der Waals surface area contributed by atoms with Gasteiger partial charge in [0.25, 0.3) is 5.69 Å². The average Bonchev–Trinajstić information content (AvgIpc) is 3.93. The van der Waals surface area contributed by atoms with Crippen molar-refractivity contribution in [2.45, 2.75) is 19.5 Å². The van der Waals surface area contributed by atoms with Crippen LogP contribution in [0.4, 0.5) is 5.69 Å². The predicted octanol–water partition coefficient (Wildman–Crippen LogP) is 5.57. The molecule has 0 amide bonds. The number of fused-ring (bicyclic) bond motifs is 1. The number of hydrogen-bond acceptors (Lipinski definition) is 10. The van der Waals surface area contributed by atoms with E-state index in [0.717, 1.165) is 48.2 Å². The van der Waals surface area contributed by atoms with Crippen molar-refractivity contribution in [3.8, 4) is 34.3 Å². The number of imidazole rings is 1. The van der Waals surface area contributed by atoms with Gasteiger partial charge in [-0.1, -0.05) is 30.3 Å². The van der Waals surface area contributed by atoms with Gasteiger partial charge in [0.2, 0.25) is 5.82 Å². The van der Waals surface area contributed by atoms with Gasteiger partial charge < -0.3 is 14.0 Å². The summed E-state index contributed by atoms with van der Waals surface area (Å²) in [5.74, 6) is 0.660. The van der Waals surface area contributed by atoms with Gasteiger partial charge in [0.05, 0.1) is 48.9 Å². The average molecular weight is 671 g/mol. The van der Waals surface area contributed by atoms with Crippen molar-refractivity contribution in [2.75, 3.05) is 20.8 Å². The number of nitro groups is 1. The molecule has 0 aliphatic carbocycles. The number of hydrogen-bond donors (Lipinski definition) is 0. The van der Waals surface area contributed by atoms with Crippen LogP contribution < -0.4 is 9.47 Å². The van der Waals surface area contributed by atoms with Crippen LogP contribution in [0.5, 0.6) is 11.5 Å². The van der Waals surface area contributed by atoms with E-state index < -0.39 is 4.92 Å². The minimum atomic E-state index is -0.510. The van der Waals surface area contributed by atoms with Crippen molar-refractivity contribution < 1.29 is 14.4 Å². The molecule has 0 saturated heterocycles. The summed E-state index contributed by atoms with van der Waals surface area (Å²) in [4.78, 5) is 19.3. The number of aromatic nitrogens is 8. The molecule has 0 bridgehead atoms. The van der Waals surface area contributed by atoms with Gasteiger partial charge in [-0.05, 0) is 64.7 Å². The fourth-order valence-electron chi connectivity index (χ4n) is 5.98. The van der Waals surface area contributed by atoms with E-state index in [1.807, 2.05) is 53.0 Å². The van der Waals surface area contributed by atoms with Crippen LogP contribution in [-0.4, -0.2) is 70.1 Å². The quantitative estimate of drug-likeness (QED) is 0.113. The fourth-order valence-corrected chi connectivity index (χ4v) is 5.98. The van der Waals surface area contributed by atoms with Gasteiger partial charge in [-0.3, -0.25) is 19.7 Å². The van der Waals surface area contributed by atoms with Crippen molar-refractivity contribution in [3.05, 3.63) is 131 Å². The molecule has 14 heteroatoms. The van der Waals surface area contributed by atoms with Crippen LogP contribution in [0.3, 0.4) is 0 Å². The maximum atomic E-state index is 11.8. The van der Waals surface area contributed by atoms with E-state index in [-0.39, 0.29) is 22.8 Å². The summed E-state index contributed by atoms with van der Waals surface area (Å²) in [5.41, 5.74) is 6.37. The number of rotatable bonds is 13. The van der Waals surface area contributed by atoms with Crippen LogP contribution in [0.15, 0.2) is 104 Å². The molecule has 252 valence electrons. The SMILES string of the molecule is COc1cc(-c2nnn(-c3ccc(CCN(Cc4cccc(-n5ccnc5)c4)Cc4ccc5c(cnn5C)c4)cc3)n2)c([N+](=O)[O-])cc1OC. The third-order valence-electron chi connectivity index (χ3n) is 8.57. The number of benzene rings is 4. The molecule has 0 atom stereocenters. The Kier molecular flexibility index (Phi) is 8.99. The first-order valence-electron chi connectivity index (χ1n) is 15.9. The molecule has 3 heterocycles. The van der Waals surface area contributed by atoms with E-state index >= 15 is 0 Å². The van der Waals surface area contributed by atoms with Gasteiger partial charge in [-0.25, -0.2) is 4.98 Å². The zero-order valence-electron chi connectivity index (χ0n) is 27.7. The fraction of sp³-hybridized carbons (Fsp3) is 0.194. The van der Waals surface area contributed by atoms with Crippen LogP contribution >= 0.6 is 0 Å². The molecule has 0 aliphatic heterocycles. The molecule has 0 fully saturated rings. The lowest BCUT2D eigenvalue weighted by Crippen LogP contribution is -2.25. The second-order valence-corrected chi connectivity index (χ2v) is 11.8. The topological polar surface area (TPSA) is 144 Å². The van der Waals surface area contributed by atoms with E-state index in [9.17, 15) is 10.1 Å². The van der Waals surface area contributed by atoms with Crippen molar-refractivity contribution in [3.63, 3.8) is 0 Å². The summed E-state index contributed by atoms with van der Waals surface area (Å²) in [5, 5.41) is 30.1. The van der Waals surface area contributed by atoms with Crippen LogP contribution in [-0.2, 0) is 26.6 Å². The smallest absolute Gasteiger partial charge is 0.284 e. The molecular weight excluding hydrogens is 636 g/mol. The normalized spacial score (nSPS) is 11.4. The second-order valence-electron chi connectivity index (χ2n) is 11.8. The van der Waals surface area contributed by atoms with Crippen molar-refractivity contribution in [1.82, 2.24) is 44.4 Å². The van der Waals surface area contributed by atoms with Gasteiger partial charge >= 0.3 is 0 Å². The standard InChI is InChI=1S/C36H34N10O4/c1-42-32-12-9-27(17-28(32)21-38-42)23-43(22-26-5-4-6-30(18-26)44-16-14-37-24-44)15-13-25-7-10-29(11-8-25)45-40-36(39-41-45)31-19-34(49-2)35(50-3)20-33(31)46(47)48/h4-12,14,16-21,24H,13,15,22-23H2,1-3H3. The molecular formula is C36H34N10O4. The largest absolute Gasteiger partial charge is 0.493 e. The molecule has 0 aliphatic rings. The minimum Gasteiger partial charge on any atom is -0.493 e. The lowest BCUT2D eigenvalue weighted by molar-refractivity contribution is -0.384. The molecule has 14 nitrogen and oxygen atoms in total. The van der Waals surface area contributed by atoms with Crippen LogP contribution in [0.1, 0.15) is 16.7 Å². The molecule has 3 aromatic heterocycles. The maximum Gasteiger partial charge on any atom is 0.284 e. The van der Waals surface area contributed by atoms with Gasteiger partial charge in [-0.2, -0.15) is 5.10 Å². The highest BCUT2D eigenvalue weighted by Crippen LogP contribution is 2.38. The summed E-state index contributed by atoms with van der Waals surface area (Å²) >= 11 is 0. The minimum absolute atomic E-state index is 0.0963. The van der Waals surface area contributed by atoms with Crippen LogP contribution in [0, 0.1) is 10.1 Å². The molecule has 0 saturated carbocycles. The third kappa shape index (κ3) is 6.77. The van der Waals surface area contributed by atoms with E-state index in [0.29, 0.717) is 11.4 Å². The molecule has 0 radical (unpaired) electrons. The predicted molar refractivity (Wildman–Crippen MR) is 186 cm³/mol. The number of methoxy groups -OCH3 is 2. The Labute approximate surface area is 287 Å². The number of aryl methyl sites for hydroxylation is 1. The Bertz CT molecular complexity index is 2260. The summed E-state index contributed by atoms with van der Waals surface area (Å²) in [7, 11) is 4.83. The Morgan fingerprint density at radius 2 is 1.64 bits per heavy atom. The highest BCUT2D eigenvalue weighted by molar-refractivity contribution is 5.79. The first kappa shape index (κ1) is 32.2. The van der Waals surface area contributed by atoms with Crippen molar-refractivity contribution >= 4 is 16.6 Å². The number of ether oxygens (including phenoxy) is 2. The maximum absolute atomic E-state index is 11.8. The number of nitro benzene ring substituents is 1. The summed E-state index contributed by atoms with van der Waals surface area (Å²) in [6.45, 7) is 2.35. The summed E-state index contributed by atoms with van der Waals surface area (Å²) in [6.07, 6.45) is 8.24. The van der Waals surface area contributed by atoms with E-state index in [1.165, 1.54) is 42.3 Å². The molecule has 50 heavy (non-hydrogen) atoms. The van der Waals surface area contributed by atoms with Crippen molar-refractivity contribution in [2.24, 2.45) is 7.05 Å². The van der Waals surface area contributed by atoms with Gasteiger partial charge in [-0.15, -0.1) is 15.0 Å². The molecule has 4 aromatic carbocycles. The molecule has 0 N–H and O–H groups in total. The zero-order chi connectivity index (χ0) is 34.6. The Balaban J connectivity index is 1.09. The van der Waals surface area contributed by atoms with Crippen LogP contribution in [0.2, 0.25) is 0 Å².